The summed E-state index contributed by atoms with van der Waals surface area (Å²) in [6.45, 7) is 0. The highest BCUT2D eigenvalue weighted by molar-refractivity contribution is 6.33. The van der Waals surface area contributed by atoms with Gasteiger partial charge in [-0.2, -0.15) is 0 Å². The van der Waals surface area contributed by atoms with Crippen molar-refractivity contribution in [2.45, 2.75) is 0 Å². The monoisotopic (exact) mass is 664 g/mol. The molecule has 0 aliphatic rings. The van der Waals surface area contributed by atoms with Crippen LogP contribution in [-0.4, -0.2) is 19.5 Å². The topological polar surface area (TPSA) is 56.7 Å². The summed E-state index contributed by atoms with van der Waals surface area (Å²) in [5.41, 5.74) is 7.74. The lowest BCUT2D eigenvalue weighted by Crippen LogP contribution is -2.03. The minimum absolute atomic E-state index is 0.611. The van der Waals surface area contributed by atoms with Crippen molar-refractivity contribution in [1.82, 2.24) is 19.5 Å². The molecule has 0 N–H and O–H groups in total. The molecule has 52 heavy (non-hydrogen) atoms. The SMILES string of the molecule is c1ccc(-c2nc(-c3ccccc3)nc(-c3ccccc3-n3c4ccc5ccccc5c4c4c5c(ccc6c7ccccc7oc65)ccc43)n2)cc1. The number of hydrogen-bond acceptors (Lipinski definition) is 4. The fraction of sp³-hybridized carbons (Fsp3) is 0. The molecule has 0 fully saturated rings. The second kappa shape index (κ2) is 11.2. The van der Waals surface area contributed by atoms with Crippen LogP contribution in [0.15, 0.2) is 174 Å². The molecule has 0 bridgehead atoms. The number of para-hydroxylation sites is 2. The summed E-state index contributed by atoms with van der Waals surface area (Å²) in [6, 6.07) is 59.0. The highest BCUT2D eigenvalue weighted by Gasteiger charge is 2.23. The Labute approximate surface area is 298 Å². The third-order valence-electron chi connectivity index (χ3n) is 10.2. The molecule has 3 heterocycles. The summed E-state index contributed by atoms with van der Waals surface area (Å²) in [7, 11) is 0. The Morgan fingerprint density at radius 2 is 0.962 bits per heavy atom. The zero-order valence-corrected chi connectivity index (χ0v) is 27.9. The fourth-order valence-electron chi connectivity index (χ4n) is 7.91. The van der Waals surface area contributed by atoms with Crippen molar-refractivity contribution in [2.24, 2.45) is 0 Å². The van der Waals surface area contributed by atoms with Gasteiger partial charge < -0.3 is 8.98 Å². The van der Waals surface area contributed by atoms with Crippen LogP contribution in [0, 0.1) is 0 Å². The van der Waals surface area contributed by atoms with E-state index in [1.165, 1.54) is 16.2 Å². The Kier molecular flexibility index (Phi) is 6.18. The molecule has 0 spiro atoms. The maximum Gasteiger partial charge on any atom is 0.166 e. The van der Waals surface area contributed by atoms with Crippen LogP contribution in [0.4, 0.5) is 0 Å². The van der Waals surface area contributed by atoms with Crippen molar-refractivity contribution in [3.63, 3.8) is 0 Å². The van der Waals surface area contributed by atoms with Gasteiger partial charge in [-0.25, -0.2) is 15.0 Å². The summed E-state index contributed by atoms with van der Waals surface area (Å²) in [5.74, 6) is 1.87. The van der Waals surface area contributed by atoms with Gasteiger partial charge in [0, 0.05) is 43.6 Å². The zero-order chi connectivity index (χ0) is 34.2. The Bertz CT molecular complexity index is 3120. The molecule has 0 saturated heterocycles. The molecule has 3 aromatic heterocycles. The largest absolute Gasteiger partial charge is 0.455 e. The minimum atomic E-state index is 0.611. The molecule has 5 heteroatoms. The third-order valence-corrected chi connectivity index (χ3v) is 10.2. The first kappa shape index (κ1) is 28.7. The van der Waals surface area contributed by atoms with Crippen LogP contribution in [0.2, 0.25) is 0 Å². The first-order valence-electron chi connectivity index (χ1n) is 17.5. The van der Waals surface area contributed by atoms with Crippen LogP contribution in [0.25, 0.3) is 105 Å². The van der Waals surface area contributed by atoms with E-state index in [2.05, 4.69) is 108 Å². The zero-order valence-electron chi connectivity index (χ0n) is 27.9. The van der Waals surface area contributed by atoms with E-state index in [0.29, 0.717) is 17.5 Å². The lowest BCUT2D eigenvalue weighted by Gasteiger charge is -2.15. The van der Waals surface area contributed by atoms with Crippen molar-refractivity contribution >= 4 is 65.3 Å². The van der Waals surface area contributed by atoms with Crippen LogP contribution >= 0.6 is 0 Å². The lowest BCUT2D eigenvalue weighted by molar-refractivity contribution is 0.673. The highest BCUT2D eigenvalue weighted by atomic mass is 16.3. The summed E-state index contributed by atoms with van der Waals surface area (Å²) in [5, 5.41) is 9.21. The molecule has 11 aromatic rings. The number of benzene rings is 8. The quantitative estimate of drug-likeness (QED) is 0.188. The van der Waals surface area contributed by atoms with Gasteiger partial charge in [-0.05, 0) is 52.6 Å². The second-order valence-electron chi connectivity index (χ2n) is 13.2. The molecular formula is C47H28N4O. The molecule has 11 rings (SSSR count). The van der Waals surface area contributed by atoms with Crippen LogP contribution in [-0.2, 0) is 0 Å². The van der Waals surface area contributed by atoms with Gasteiger partial charge in [0.15, 0.2) is 17.5 Å². The minimum Gasteiger partial charge on any atom is -0.455 e. The van der Waals surface area contributed by atoms with E-state index in [9.17, 15) is 0 Å². The summed E-state index contributed by atoms with van der Waals surface area (Å²) in [6.07, 6.45) is 0. The molecule has 8 aromatic carbocycles. The van der Waals surface area contributed by atoms with Gasteiger partial charge in [0.25, 0.3) is 0 Å². The average molecular weight is 665 g/mol. The van der Waals surface area contributed by atoms with Crippen molar-refractivity contribution in [3.05, 3.63) is 170 Å². The van der Waals surface area contributed by atoms with Gasteiger partial charge >= 0.3 is 0 Å². The van der Waals surface area contributed by atoms with E-state index < -0.39 is 0 Å². The van der Waals surface area contributed by atoms with Gasteiger partial charge in [0.1, 0.15) is 11.2 Å². The molecule has 0 saturated carbocycles. The summed E-state index contributed by atoms with van der Waals surface area (Å²) < 4.78 is 9.09. The lowest BCUT2D eigenvalue weighted by atomic mass is 9.98. The number of fused-ring (bicyclic) bond motifs is 11. The average Bonchev–Trinajstić information content (AvgIpc) is 3.77. The molecule has 0 aliphatic carbocycles. The molecule has 0 aliphatic heterocycles. The number of furan rings is 1. The van der Waals surface area contributed by atoms with Crippen molar-refractivity contribution in [3.8, 4) is 39.9 Å². The van der Waals surface area contributed by atoms with Gasteiger partial charge in [-0.15, -0.1) is 0 Å². The molecular weight excluding hydrogens is 637 g/mol. The number of rotatable bonds is 4. The van der Waals surface area contributed by atoms with Crippen LogP contribution < -0.4 is 0 Å². The maximum absolute atomic E-state index is 6.72. The fourth-order valence-corrected chi connectivity index (χ4v) is 7.91. The highest BCUT2D eigenvalue weighted by Crippen LogP contribution is 2.45. The normalized spacial score (nSPS) is 11.8. The predicted molar refractivity (Wildman–Crippen MR) is 213 cm³/mol. The molecule has 0 unspecified atom stereocenters. The van der Waals surface area contributed by atoms with Crippen molar-refractivity contribution in [1.29, 1.82) is 0 Å². The Morgan fingerprint density at radius 3 is 1.73 bits per heavy atom. The van der Waals surface area contributed by atoms with E-state index in [4.69, 9.17) is 19.4 Å². The standard InChI is InChI=1S/C47H28N4O/c1-3-14-31(15-4-1)45-48-46(32-16-5-2-6-17-32)50-47(49-45)36-20-9-11-21-37(36)51-38-27-24-29-13-7-8-18-33(29)42(38)43-39(51)28-25-30-23-26-35-34-19-10-12-22-40(34)52-44(35)41(30)43/h1-28H. The van der Waals surface area contributed by atoms with E-state index in [1.807, 2.05) is 66.7 Å². The van der Waals surface area contributed by atoms with E-state index in [0.717, 1.165) is 71.5 Å². The third kappa shape index (κ3) is 4.26. The molecule has 0 atom stereocenters. The second-order valence-corrected chi connectivity index (χ2v) is 13.2. The Morgan fingerprint density at radius 1 is 0.385 bits per heavy atom. The molecule has 5 nitrogen and oxygen atoms in total. The molecule has 0 amide bonds. The van der Waals surface area contributed by atoms with Crippen LogP contribution in [0.1, 0.15) is 0 Å². The van der Waals surface area contributed by atoms with Gasteiger partial charge in [-0.3, -0.25) is 0 Å². The van der Waals surface area contributed by atoms with E-state index >= 15 is 0 Å². The van der Waals surface area contributed by atoms with Gasteiger partial charge in [-0.1, -0.05) is 133 Å². The summed E-state index contributed by atoms with van der Waals surface area (Å²) in [4.78, 5) is 15.3. The summed E-state index contributed by atoms with van der Waals surface area (Å²) >= 11 is 0. The van der Waals surface area contributed by atoms with Crippen molar-refractivity contribution < 1.29 is 4.42 Å². The molecule has 242 valence electrons. The Hall–Kier alpha value is -7.11. The smallest absolute Gasteiger partial charge is 0.166 e. The predicted octanol–water partition coefficient (Wildman–Crippen LogP) is 12.2. The number of hydrogen-bond donors (Lipinski definition) is 0. The Balaban J connectivity index is 1.27. The number of aromatic nitrogens is 4. The first-order chi connectivity index (χ1) is 25.8. The van der Waals surface area contributed by atoms with E-state index in [1.54, 1.807) is 0 Å². The van der Waals surface area contributed by atoms with Crippen LogP contribution in [0.3, 0.4) is 0 Å². The van der Waals surface area contributed by atoms with Gasteiger partial charge in [0.2, 0.25) is 0 Å². The van der Waals surface area contributed by atoms with E-state index in [-0.39, 0.29) is 0 Å². The first-order valence-corrected chi connectivity index (χ1v) is 17.5. The van der Waals surface area contributed by atoms with Gasteiger partial charge in [0.05, 0.1) is 16.7 Å². The number of nitrogens with zero attached hydrogens (tertiary/aromatic N) is 4. The van der Waals surface area contributed by atoms with Crippen molar-refractivity contribution in [2.75, 3.05) is 0 Å². The van der Waals surface area contributed by atoms with Crippen LogP contribution in [0.5, 0.6) is 0 Å². The molecule has 0 radical (unpaired) electrons. The maximum atomic E-state index is 6.72.